The predicted octanol–water partition coefficient (Wildman–Crippen LogP) is 3.23. The third kappa shape index (κ3) is 3.12. The minimum atomic E-state index is -0.858. The lowest BCUT2D eigenvalue weighted by atomic mass is 10.0. The molecule has 28 heavy (non-hydrogen) atoms. The van der Waals surface area contributed by atoms with Crippen LogP contribution in [0.2, 0.25) is 0 Å². The highest BCUT2D eigenvalue weighted by Gasteiger charge is 2.32. The molecule has 1 heterocycles. The number of esters is 2. The Morgan fingerprint density at radius 3 is 2.32 bits per heavy atom. The van der Waals surface area contributed by atoms with Gasteiger partial charge in [0.2, 0.25) is 0 Å². The van der Waals surface area contributed by atoms with Crippen molar-refractivity contribution in [3.05, 3.63) is 71.2 Å². The number of carbonyl (C=O) groups is 2. The van der Waals surface area contributed by atoms with E-state index >= 15 is 0 Å². The molecule has 0 fully saturated rings. The number of para-hydroxylation sites is 1. The van der Waals surface area contributed by atoms with Gasteiger partial charge in [0.25, 0.3) is 0 Å². The van der Waals surface area contributed by atoms with Crippen LogP contribution in [0, 0.1) is 18.2 Å². The first-order chi connectivity index (χ1) is 13.5. The number of carbonyl (C=O) groups excluding carboxylic acids is 2. The Morgan fingerprint density at radius 1 is 1.04 bits per heavy atom. The second-order valence-corrected chi connectivity index (χ2v) is 5.61. The fourth-order valence-electron chi connectivity index (χ4n) is 2.77. The fourth-order valence-corrected chi connectivity index (χ4v) is 2.77. The van der Waals surface area contributed by atoms with Gasteiger partial charge in [-0.05, 0) is 24.3 Å². The number of halogens is 1. The molecule has 2 aromatic carbocycles. The molecule has 0 unspecified atom stereocenters. The van der Waals surface area contributed by atoms with Crippen molar-refractivity contribution in [1.29, 1.82) is 0 Å². The van der Waals surface area contributed by atoms with E-state index in [-0.39, 0.29) is 28.1 Å². The highest BCUT2D eigenvalue weighted by Crippen LogP contribution is 2.31. The lowest BCUT2D eigenvalue weighted by Gasteiger charge is -2.07. The third-order valence-electron chi connectivity index (χ3n) is 4.06. The maximum Gasteiger partial charge on any atom is 0.357 e. The van der Waals surface area contributed by atoms with Crippen molar-refractivity contribution in [1.82, 2.24) is 9.78 Å². The molecule has 0 aliphatic heterocycles. The van der Waals surface area contributed by atoms with Crippen molar-refractivity contribution in [2.24, 2.45) is 0 Å². The van der Waals surface area contributed by atoms with Crippen LogP contribution in [0.15, 0.2) is 48.5 Å². The van der Waals surface area contributed by atoms with Crippen LogP contribution in [0.1, 0.15) is 26.4 Å². The molecule has 3 aromatic rings. The van der Waals surface area contributed by atoms with Crippen molar-refractivity contribution in [3.8, 4) is 29.3 Å². The number of terminal acetylenes is 1. The second-order valence-electron chi connectivity index (χ2n) is 5.61. The summed E-state index contributed by atoms with van der Waals surface area (Å²) >= 11 is 0. The Bertz CT molecular complexity index is 1100. The average molecular weight is 378 g/mol. The summed E-state index contributed by atoms with van der Waals surface area (Å²) in [6.45, 7) is 0. The molecule has 0 saturated carbocycles. The highest BCUT2D eigenvalue weighted by atomic mass is 19.1. The van der Waals surface area contributed by atoms with E-state index in [1.165, 1.54) is 30.0 Å². The zero-order valence-electron chi connectivity index (χ0n) is 15.1. The largest absolute Gasteiger partial charge is 0.465 e. The normalized spacial score (nSPS) is 10.2. The van der Waals surface area contributed by atoms with Crippen LogP contribution in [0.5, 0.6) is 0 Å². The van der Waals surface area contributed by atoms with Crippen molar-refractivity contribution in [2.75, 3.05) is 14.2 Å². The van der Waals surface area contributed by atoms with E-state index in [9.17, 15) is 14.0 Å². The van der Waals surface area contributed by atoms with Crippen molar-refractivity contribution in [2.45, 2.75) is 0 Å². The van der Waals surface area contributed by atoms with Crippen molar-refractivity contribution >= 4 is 11.9 Å². The number of hydrogen-bond donors (Lipinski definition) is 0. The van der Waals surface area contributed by atoms with Gasteiger partial charge in [-0.1, -0.05) is 30.2 Å². The molecule has 6 nitrogen and oxygen atoms in total. The maximum atomic E-state index is 14.9. The van der Waals surface area contributed by atoms with Crippen molar-refractivity contribution < 1.29 is 23.5 Å². The fraction of sp³-hybridized carbons (Fsp3) is 0.0952. The molecule has 0 radical (unpaired) electrons. The summed E-state index contributed by atoms with van der Waals surface area (Å²) in [6, 6.07) is 13.0. The number of benzene rings is 2. The Hall–Kier alpha value is -3.92. The molecule has 0 amide bonds. The number of aromatic nitrogens is 2. The van der Waals surface area contributed by atoms with E-state index in [1.54, 1.807) is 30.3 Å². The standard InChI is InChI=1S/C21H15FN2O4/c1-4-13-9-8-12-15(17(13)22)18-16(20(25)27-2)19(21(26)28-3)24(23-18)14-10-6-5-7-11-14/h1,5-12H,2-3H3. The Morgan fingerprint density at radius 2 is 1.71 bits per heavy atom. The van der Waals surface area contributed by atoms with Gasteiger partial charge in [0.05, 0.1) is 25.5 Å². The third-order valence-corrected chi connectivity index (χ3v) is 4.06. The van der Waals surface area contributed by atoms with Gasteiger partial charge < -0.3 is 9.47 Å². The second kappa shape index (κ2) is 7.76. The molecular weight excluding hydrogens is 363 g/mol. The molecule has 0 spiro atoms. The van der Waals surface area contributed by atoms with Crippen LogP contribution in [0.3, 0.4) is 0 Å². The molecule has 0 saturated heterocycles. The molecule has 1 aromatic heterocycles. The number of rotatable bonds is 4. The molecule has 0 aliphatic carbocycles. The predicted molar refractivity (Wildman–Crippen MR) is 99.6 cm³/mol. The van der Waals surface area contributed by atoms with Gasteiger partial charge in [0.15, 0.2) is 5.69 Å². The molecule has 0 atom stereocenters. The zero-order chi connectivity index (χ0) is 20.3. The highest BCUT2D eigenvalue weighted by molar-refractivity contribution is 6.06. The van der Waals surface area contributed by atoms with Gasteiger partial charge in [0, 0.05) is 5.56 Å². The number of nitrogens with zero attached hydrogens (tertiary/aromatic N) is 2. The summed E-state index contributed by atoms with van der Waals surface area (Å²) in [6.07, 6.45) is 5.34. The van der Waals surface area contributed by atoms with Crippen LogP contribution in [-0.4, -0.2) is 35.9 Å². The van der Waals surface area contributed by atoms with Crippen LogP contribution >= 0.6 is 0 Å². The van der Waals surface area contributed by atoms with Crippen LogP contribution in [0.4, 0.5) is 4.39 Å². The van der Waals surface area contributed by atoms with E-state index in [4.69, 9.17) is 15.9 Å². The molecule has 0 N–H and O–H groups in total. The summed E-state index contributed by atoms with van der Waals surface area (Å²) in [5.41, 5.74) is -0.0243. The van der Waals surface area contributed by atoms with Gasteiger partial charge in [-0.15, -0.1) is 6.42 Å². The molecule has 7 heteroatoms. The van der Waals surface area contributed by atoms with Crippen molar-refractivity contribution in [3.63, 3.8) is 0 Å². The molecule has 0 bridgehead atoms. The molecule has 0 aliphatic rings. The van der Waals surface area contributed by atoms with Gasteiger partial charge >= 0.3 is 11.9 Å². The van der Waals surface area contributed by atoms with E-state index in [0.717, 1.165) is 7.11 Å². The van der Waals surface area contributed by atoms with Crippen LogP contribution < -0.4 is 0 Å². The van der Waals surface area contributed by atoms with E-state index in [0.29, 0.717) is 5.69 Å². The first kappa shape index (κ1) is 18.9. The number of methoxy groups -OCH3 is 2. The lowest BCUT2D eigenvalue weighted by Crippen LogP contribution is -2.15. The summed E-state index contributed by atoms with van der Waals surface area (Å²) in [4.78, 5) is 25.0. The van der Waals surface area contributed by atoms with E-state index in [1.807, 2.05) is 0 Å². The molecule has 3 rings (SSSR count). The van der Waals surface area contributed by atoms with Gasteiger partial charge in [-0.25, -0.2) is 18.7 Å². The number of hydrogen-bond acceptors (Lipinski definition) is 5. The minimum Gasteiger partial charge on any atom is -0.465 e. The SMILES string of the molecule is C#Cc1cccc(-c2nn(-c3ccccc3)c(C(=O)OC)c2C(=O)OC)c1F. The number of ether oxygens (including phenoxy) is 2. The first-order valence-corrected chi connectivity index (χ1v) is 8.14. The van der Waals surface area contributed by atoms with E-state index in [2.05, 4.69) is 11.0 Å². The monoisotopic (exact) mass is 378 g/mol. The van der Waals surface area contributed by atoms with Crippen LogP contribution in [-0.2, 0) is 9.47 Å². The molecule has 140 valence electrons. The summed E-state index contributed by atoms with van der Waals surface area (Å²) in [7, 11) is 2.33. The van der Waals surface area contributed by atoms with Gasteiger partial charge in [-0.2, -0.15) is 5.10 Å². The minimum absolute atomic E-state index is 0.00203. The maximum absolute atomic E-state index is 14.9. The van der Waals surface area contributed by atoms with Gasteiger partial charge in [0.1, 0.15) is 17.1 Å². The van der Waals surface area contributed by atoms with Gasteiger partial charge in [-0.3, -0.25) is 0 Å². The zero-order valence-corrected chi connectivity index (χ0v) is 15.1. The summed E-state index contributed by atoms with van der Waals surface area (Å²) < 4.78 is 25.7. The lowest BCUT2D eigenvalue weighted by molar-refractivity contribution is 0.0549. The smallest absolute Gasteiger partial charge is 0.357 e. The topological polar surface area (TPSA) is 70.4 Å². The summed E-state index contributed by atoms with van der Waals surface area (Å²) in [5.74, 6) is -0.175. The Kier molecular flexibility index (Phi) is 5.23. The first-order valence-electron chi connectivity index (χ1n) is 8.14. The molecular formula is C21H15FN2O4. The quantitative estimate of drug-likeness (QED) is 0.515. The Balaban J connectivity index is 2.41. The summed E-state index contributed by atoms with van der Waals surface area (Å²) in [5, 5.41) is 4.33. The Labute approximate surface area is 160 Å². The van der Waals surface area contributed by atoms with E-state index < -0.39 is 17.8 Å². The average Bonchev–Trinajstić information content (AvgIpc) is 3.13. The van der Waals surface area contributed by atoms with Crippen LogP contribution in [0.25, 0.3) is 16.9 Å².